The monoisotopic (exact) mass is 817 g/mol. The Morgan fingerprint density at radius 3 is 2.44 bits per heavy atom. The molecular formula is C40H53F2N5O9S. The minimum absolute atomic E-state index is 0.0323. The first-order valence-electron chi connectivity index (χ1n) is 19.6. The second-order valence-corrected chi connectivity index (χ2v) is 18.5. The summed E-state index contributed by atoms with van der Waals surface area (Å²) in [5.74, 6) is -5.88. The van der Waals surface area contributed by atoms with E-state index in [9.17, 15) is 36.4 Å². The number of aromatic nitrogens is 1. The molecular weight excluding hydrogens is 765 g/mol. The van der Waals surface area contributed by atoms with Crippen molar-refractivity contribution in [2.75, 3.05) is 13.7 Å². The molecule has 14 nitrogen and oxygen atoms in total. The smallest absolute Gasteiger partial charge is 0.408 e. The number of ether oxygens (including phenoxy) is 3. The quantitative estimate of drug-likeness (QED) is 0.276. The summed E-state index contributed by atoms with van der Waals surface area (Å²) in [6.07, 6.45) is 6.30. The Hall–Kier alpha value is -4.54. The number of carbonyl (C=O) groups excluding carboxylic acids is 4. The fraction of sp³-hybridized carbons (Fsp3) is 0.625. The SMILES string of the molecule is CC[C@@H]1C[C@@H](C)CC/C=C\[C@@H]2C[C@@]2(C(=O)NS(=O)(=O)C2CC2)NC(=O)[C@@H]2C[C@@H](Oc3ncc(OC)c4ccccc34)CN2C(=O)[C@H]1NC(=O)OC(C)(C)C(C)(F)F. The third-order valence-corrected chi connectivity index (χ3v) is 13.7. The normalized spacial score (nSPS) is 29.2. The van der Waals surface area contributed by atoms with Crippen LogP contribution in [-0.2, 0) is 29.1 Å². The Morgan fingerprint density at radius 1 is 1.09 bits per heavy atom. The molecule has 1 aromatic heterocycles. The fourth-order valence-corrected chi connectivity index (χ4v) is 9.11. The maximum atomic E-state index is 14.9. The molecule has 2 aromatic rings. The predicted molar refractivity (Wildman–Crippen MR) is 206 cm³/mol. The summed E-state index contributed by atoms with van der Waals surface area (Å²) in [6.45, 7) is 6.50. The van der Waals surface area contributed by atoms with Gasteiger partial charge in [-0.25, -0.2) is 27.0 Å². The molecule has 0 unspecified atom stereocenters. The van der Waals surface area contributed by atoms with Gasteiger partial charge in [-0.2, -0.15) is 0 Å². The van der Waals surface area contributed by atoms with Crippen LogP contribution in [0.25, 0.3) is 10.8 Å². The van der Waals surface area contributed by atoms with Crippen molar-refractivity contribution < 1.29 is 50.6 Å². The highest BCUT2D eigenvalue weighted by Crippen LogP contribution is 2.46. The number of allylic oxidation sites excluding steroid dienone is 1. The van der Waals surface area contributed by atoms with Gasteiger partial charge in [0.1, 0.15) is 29.5 Å². The molecule has 17 heteroatoms. The maximum absolute atomic E-state index is 14.9. The fourth-order valence-electron chi connectivity index (χ4n) is 7.75. The Morgan fingerprint density at radius 2 is 1.79 bits per heavy atom. The average molecular weight is 818 g/mol. The number of halogens is 2. The summed E-state index contributed by atoms with van der Waals surface area (Å²) >= 11 is 0. The van der Waals surface area contributed by atoms with Crippen LogP contribution in [0.4, 0.5) is 13.6 Å². The molecule has 3 fully saturated rings. The Labute approximate surface area is 331 Å². The lowest BCUT2D eigenvalue weighted by Crippen LogP contribution is -2.59. The number of fused-ring (bicyclic) bond motifs is 3. The molecule has 2 aliphatic heterocycles. The zero-order valence-electron chi connectivity index (χ0n) is 33.2. The molecule has 4 aliphatic rings. The number of nitrogens with one attached hydrogen (secondary N) is 3. The number of sulfonamides is 1. The number of pyridine rings is 1. The largest absolute Gasteiger partial charge is 0.494 e. The van der Waals surface area contributed by atoms with Crippen LogP contribution in [0.2, 0.25) is 0 Å². The first kappa shape index (κ1) is 42.1. The molecule has 312 valence electrons. The number of benzene rings is 1. The number of alkyl halides is 2. The predicted octanol–water partition coefficient (Wildman–Crippen LogP) is 5.01. The second kappa shape index (κ2) is 16.0. The summed E-state index contributed by atoms with van der Waals surface area (Å²) in [4.78, 5) is 62.4. The summed E-state index contributed by atoms with van der Waals surface area (Å²) in [5, 5.41) is 6.09. The lowest BCUT2D eigenvalue weighted by atomic mass is 9.85. The number of carbonyl (C=O) groups is 4. The molecule has 0 radical (unpaired) electrons. The number of rotatable bonds is 10. The minimum atomic E-state index is -3.96. The molecule has 7 atom stereocenters. The van der Waals surface area contributed by atoms with E-state index in [2.05, 4.69) is 20.3 Å². The van der Waals surface area contributed by atoms with E-state index in [4.69, 9.17) is 14.2 Å². The van der Waals surface area contributed by atoms with Gasteiger partial charge in [0.15, 0.2) is 5.60 Å². The zero-order valence-corrected chi connectivity index (χ0v) is 34.0. The second-order valence-electron chi connectivity index (χ2n) is 16.5. The lowest BCUT2D eigenvalue weighted by molar-refractivity contribution is -0.152. The molecule has 2 saturated carbocycles. The summed E-state index contributed by atoms with van der Waals surface area (Å²) in [5.41, 5.74) is -3.81. The highest BCUT2D eigenvalue weighted by atomic mass is 32.2. The van der Waals surface area contributed by atoms with Gasteiger partial charge in [0, 0.05) is 30.0 Å². The molecule has 0 bridgehead atoms. The maximum Gasteiger partial charge on any atom is 0.408 e. The van der Waals surface area contributed by atoms with Crippen LogP contribution in [-0.4, -0.2) is 96.3 Å². The highest BCUT2D eigenvalue weighted by molar-refractivity contribution is 7.91. The molecule has 6 rings (SSSR count). The highest BCUT2D eigenvalue weighted by Gasteiger charge is 2.62. The minimum Gasteiger partial charge on any atom is -0.494 e. The van der Waals surface area contributed by atoms with Crippen LogP contribution >= 0.6 is 0 Å². The molecule has 3 N–H and O–H groups in total. The van der Waals surface area contributed by atoms with E-state index >= 15 is 0 Å². The van der Waals surface area contributed by atoms with Crippen molar-refractivity contribution in [1.82, 2.24) is 25.2 Å². The first-order valence-corrected chi connectivity index (χ1v) is 21.2. The zero-order chi connectivity index (χ0) is 41.5. The number of amides is 4. The third kappa shape index (κ3) is 8.97. The molecule has 0 spiro atoms. The van der Waals surface area contributed by atoms with Crippen LogP contribution in [0.1, 0.15) is 86.0 Å². The van der Waals surface area contributed by atoms with Crippen molar-refractivity contribution >= 4 is 44.6 Å². The van der Waals surface area contributed by atoms with Crippen LogP contribution < -0.4 is 24.8 Å². The van der Waals surface area contributed by atoms with Gasteiger partial charge in [-0.15, -0.1) is 0 Å². The topological polar surface area (TPSA) is 182 Å². The summed E-state index contributed by atoms with van der Waals surface area (Å²) in [7, 11) is -2.44. The van der Waals surface area contributed by atoms with Crippen molar-refractivity contribution in [3.05, 3.63) is 42.6 Å². The summed E-state index contributed by atoms with van der Waals surface area (Å²) < 4.78 is 74.0. The van der Waals surface area contributed by atoms with Gasteiger partial charge in [-0.1, -0.05) is 50.6 Å². The van der Waals surface area contributed by atoms with Crippen molar-refractivity contribution in [1.29, 1.82) is 0 Å². The van der Waals surface area contributed by atoms with Gasteiger partial charge in [-0.3, -0.25) is 19.1 Å². The van der Waals surface area contributed by atoms with Crippen LogP contribution in [0, 0.1) is 17.8 Å². The van der Waals surface area contributed by atoms with Gasteiger partial charge >= 0.3 is 6.09 Å². The lowest BCUT2D eigenvalue weighted by Gasteiger charge is -2.35. The molecule has 2 aliphatic carbocycles. The number of alkyl carbamates (subject to hydrolysis) is 1. The van der Waals surface area contributed by atoms with Gasteiger partial charge in [0.2, 0.25) is 27.7 Å². The van der Waals surface area contributed by atoms with E-state index in [1.165, 1.54) is 18.2 Å². The first-order chi connectivity index (χ1) is 26.8. The number of nitrogens with zero attached hydrogens (tertiary/aromatic N) is 2. The molecule has 1 saturated heterocycles. The Kier molecular flexibility index (Phi) is 11.8. The van der Waals surface area contributed by atoms with Crippen molar-refractivity contribution in [2.24, 2.45) is 17.8 Å². The number of hydrogen-bond donors (Lipinski definition) is 3. The van der Waals surface area contributed by atoms with Crippen LogP contribution in [0.3, 0.4) is 0 Å². The molecule has 3 heterocycles. The standard InChI is InChI=1S/C40H53F2N5O9S/c1-7-24-18-23(2)12-8-9-13-25-20-40(25,36(50)46-57(52,53)27-16-17-27)45-33(48)30-19-26(55-34-29-15-11-10-14-28(29)31(54-6)21-43-34)22-47(30)35(49)32(24)44-37(51)56-38(3,4)39(5,41)42/h9-11,13-15,21,23-27,30,32H,7-8,12,16-20,22H2,1-6H3,(H,44,51)(H,45,48)(H,46,50)/b13-9-/t23-,24+,25+,26+,30-,32-,40+/m0/s1. The van der Waals surface area contributed by atoms with Crippen molar-refractivity contribution in [2.45, 2.75) is 126 Å². The molecule has 57 heavy (non-hydrogen) atoms. The third-order valence-electron chi connectivity index (χ3n) is 11.9. The van der Waals surface area contributed by atoms with Gasteiger partial charge in [0.05, 0.1) is 25.1 Å². The average Bonchev–Trinajstić information content (AvgIpc) is 4.07. The van der Waals surface area contributed by atoms with Crippen LogP contribution in [0.5, 0.6) is 11.6 Å². The Bertz CT molecular complexity index is 2020. The van der Waals surface area contributed by atoms with E-state index in [0.29, 0.717) is 56.6 Å². The van der Waals surface area contributed by atoms with Crippen molar-refractivity contribution in [3.63, 3.8) is 0 Å². The number of hydrogen-bond acceptors (Lipinski definition) is 10. The van der Waals surface area contributed by atoms with E-state index in [-0.39, 0.29) is 31.2 Å². The van der Waals surface area contributed by atoms with Crippen LogP contribution in [0.15, 0.2) is 42.6 Å². The van der Waals surface area contributed by atoms with E-state index in [1.54, 1.807) is 12.1 Å². The van der Waals surface area contributed by atoms with Gasteiger partial charge in [0.25, 0.3) is 11.8 Å². The molecule has 4 amide bonds. The number of methoxy groups -OCH3 is 1. The van der Waals surface area contributed by atoms with Gasteiger partial charge in [-0.05, 0) is 70.3 Å². The van der Waals surface area contributed by atoms with E-state index in [0.717, 1.165) is 19.2 Å². The van der Waals surface area contributed by atoms with Crippen molar-refractivity contribution in [3.8, 4) is 11.6 Å². The van der Waals surface area contributed by atoms with E-state index in [1.807, 2.05) is 38.1 Å². The Balaban J connectivity index is 1.37. The van der Waals surface area contributed by atoms with E-state index < -0.39 is 86.2 Å². The molecule has 1 aromatic carbocycles. The van der Waals surface area contributed by atoms with Gasteiger partial charge < -0.3 is 29.7 Å². The summed E-state index contributed by atoms with van der Waals surface area (Å²) in [6, 6.07) is 4.72.